The van der Waals surface area contributed by atoms with Gasteiger partial charge in [-0.2, -0.15) is 0 Å². The lowest BCUT2D eigenvalue weighted by Crippen LogP contribution is -2.13. The van der Waals surface area contributed by atoms with Crippen LogP contribution in [0.4, 0.5) is 5.13 Å². The summed E-state index contributed by atoms with van der Waals surface area (Å²) in [7, 11) is 0. The molecule has 4 nitrogen and oxygen atoms in total. The van der Waals surface area contributed by atoms with E-state index in [-0.39, 0.29) is 5.91 Å². The first-order valence-corrected chi connectivity index (χ1v) is 8.18. The van der Waals surface area contributed by atoms with Crippen LogP contribution in [0.2, 0.25) is 0 Å². The van der Waals surface area contributed by atoms with E-state index in [0.717, 1.165) is 9.90 Å². The smallest absolute Gasteiger partial charge is 0.236 e. The normalized spacial score (nSPS) is 10.8. The fraction of sp³-hybridized carbons (Fsp3) is 0.357. The molecule has 1 N–H and O–H groups in total. The van der Waals surface area contributed by atoms with Gasteiger partial charge in [-0.25, -0.2) is 0 Å². The number of amides is 1. The Morgan fingerprint density at radius 1 is 1.35 bits per heavy atom. The van der Waals surface area contributed by atoms with Gasteiger partial charge in [-0.05, 0) is 18.6 Å². The predicted molar refractivity (Wildman–Crippen MR) is 84.5 cm³/mol. The molecule has 2 aromatic rings. The molecule has 1 aromatic carbocycles. The second kappa shape index (κ2) is 6.85. The molecule has 0 bridgehead atoms. The van der Waals surface area contributed by atoms with Crippen LogP contribution in [-0.4, -0.2) is 21.9 Å². The maximum absolute atomic E-state index is 11.9. The van der Waals surface area contributed by atoms with Crippen LogP contribution in [0.5, 0.6) is 0 Å². The molecular weight excluding hydrogens is 290 g/mol. The van der Waals surface area contributed by atoms with Crippen molar-refractivity contribution in [2.24, 2.45) is 0 Å². The van der Waals surface area contributed by atoms with Gasteiger partial charge >= 0.3 is 0 Å². The van der Waals surface area contributed by atoms with Gasteiger partial charge in [-0.15, -0.1) is 22.0 Å². The first-order valence-electron chi connectivity index (χ1n) is 6.38. The van der Waals surface area contributed by atoms with Crippen molar-refractivity contribution in [1.29, 1.82) is 0 Å². The average Bonchev–Trinajstić information content (AvgIpc) is 2.86. The first-order chi connectivity index (χ1) is 9.56. The van der Waals surface area contributed by atoms with E-state index >= 15 is 0 Å². The van der Waals surface area contributed by atoms with Crippen LogP contribution in [0.15, 0.2) is 29.2 Å². The van der Waals surface area contributed by atoms with Crippen LogP contribution in [0.1, 0.15) is 30.3 Å². The summed E-state index contributed by atoms with van der Waals surface area (Å²) in [4.78, 5) is 13.0. The van der Waals surface area contributed by atoms with E-state index in [2.05, 4.69) is 29.4 Å². The topological polar surface area (TPSA) is 54.9 Å². The quantitative estimate of drug-likeness (QED) is 0.856. The number of benzene rings is 1. The van der Waals surface area contributed by atoms with Crippen molar-refractivity contribution in [3.05, 3.63) is 34.8 Å². The lowest BCUT2D eigenvalue weighted by Gasteiger charge is -2.04. The highest BCUT2D eigenvalue weighted by atomic mass is 32.2. The Balaban J connectivity index is 1.88. The minimum Gasteiger partial charge on any atom is -0.300 e. The van der Waals surface area contributed by atoms with Crippen molar-refractivity contribution in [3.8, 4) is 0 Å². The van der Waals surface area contributed by atoms with Crippen molar-refractivity contribution in [1.82, 2.24) is 10.2 Å². The SMILES string of the molecule is Cc1ccccc1SCC(=O)Nc1nnc(C(C)C)s1. The predicted octanol–water partition coefficient (Wildman–Crippen LogP) is 3.70. The zero-order valence-electron chi connectivity index (χ0n) is 11.7. The zero-order chi connectivity index (χ0) is 14.5. The molecule has 0 unspecified atom stereocenters. The van der Waals surface area contributed by atoms with E-state index in [1.54, 1.807) is 0 Å². The van der Waals surface area contributed by atoms with Gasteiger partial charge < -0.3 is 0 Å². The molecule has 0 aliphatic rings. The Kier molecular flexibility index (Phi) is 5.14. The summed E-state index contributed by atoms with van der Waals surface area (Å²) in [5.41, 5.74) is 1.18. The van der Waals surface area contributed by atoms with Crippen LogP contribution >= 0.6 is 23.1 Å². The van der Waals surface area contributed by atoms with Gasteiger partial charge in [0.1, 0.15) is 5.01 Å². The molecule has 0 fully saturated rings. The number of aromatic nitrogens is 2. The molecule has 0 spiro atoms. The Morgan fingerprint density at radius 3 is 2.75 bits per heavy atom. The van der Waals surface area contributed by atoms with Crippen molar-refractivity contribution in [2.75, 3.05) is 11.1 Å². The molecule has 6 heteroatoms. The number of carbonyl (C=O) groups excluding carboxylic acids is 1. The van der Waals surface area contributed by atoms with Crippen LogP contribution in [-0.2, 0) is 4.79 Å². The molecule has 20 heavy (non-hydrogen) atoms. The van der Waals surface area contributed by atoms with Crippen LogP contribution in [0.25, 0.3) is 0 Å². The third-order valence-electron chi connectivity index (χ3n) is 2.63. The molecule has 0 aliphatic heterocycles. The maximum atomic E-state index is 11.9. The minimum atomic E-state index is -0.0512. The Labute approximate surface area is 127 Å². The molecule has 0 saturated heterocycles. The summed E-state index contributed by atoms with van der Waals surface area (Å²) in [6.45, 7) is 6.15. The molecule has 1 aromatic heterocycles. The van der Waals surface area contributed by atoms with Gasteiger partial charge in [0.05, 0.1) is 5.75 Å². The molecular formula is C14H17N3OS2. The van der Waals surface area contributed by atoms with Crippen LogP contribution in [0.3, 0.4) is 0 Å². The second-order valence-electron chi connectivity index (χ2n) is 4.70. The molecule has 1 amide bonds. The molecule has 1 heterocycles. The number of nitrogens with zero attached hydrogens (tertiary/aromatic N) is 2. The van der Waals surface area contributed by atoms with Gasteiger partial charge in [0.15, 0.2) is 0 Å². The fourth-order valence-corrected chi connectivity index (χ4v) is 3.13. The third kappa shape index (κ3) is 4.05. The summed E-state index contributed by atoms with van der Waals surface area (Å²) in [6.07, 6.45) is 0. The van der Waals surface area contributed by atoms with E-state index in [9.17, 15) is 4.79 Å². The summed E-state index contributed by atoms with van der Waals surface area (Å²) in [6, 6.07) is 8.04. The molecule has 106 valence electrons. The molecule has 0 radical (unpaired) electrons. The standard InChI is InChI=1S/C14H17N3OS2/c1-9(2)13-16-17-14(20-13)15-12(18)8-19-11-7-5-4-6-10(11)3/h4-7,9H,8H2,1-3H3,(H,15,17,18). The van der Waals surface area contributed by atoms with E-state index in [1.165, 1.54) is 28.7 Å². The summed E-state index contributed by atoms with van der Waals surface area (Å²) < 4.78 is 0. The Hall–Kier alpha value is -1.40. The molecule has 0 aliphatic carbocycles. The number of carbonyl (C=O) groups is 1. The van der Waals surface area contributed by atoms with Crippen molar-refractivity contribution < 1.29 is 4.79 Å². The highest BCUT2D eigenvalue weighted by Gasteiger charge is 2.11. The molecule has 2 rings (SSSR count). The maximum Gasteiger partial charge on any atom is 0.236 e. The van der Waals surface area contributed by atoms with Gasteiger partial charge in [-0.1, -0.05) is 43.4 Å². The number of aryl methyl sites for hydroxylation is 1. The fourth-order valence-electron chi connectivity index (χ4n) is 1.54. The highest BCUT2D eigenvalue weighted by molar-refractivity contribution is 8.00. The second-order valence-corrected chi connectivity index (χ2v) is 6.73. The van der Waals surface area contributed by atoms with E-state index in [1.807, 2.05) is 31.2 Å². The highest BCUT2D eigenvalue weighted by Crippen LogP contribution is 2.24. The number of hydrogen-bond donors (Lipinski definition) is 1. The lowest BCUT2D eigenvalue weighted by molar-refractivity contribution is -0.113. The Morgan fingerprint density at radius 2 is 2.10 bits per heavy atom. The Bertz CT molecular complexity index is 596. The van der Waals surface area contributed by atoms with E-state index in [0.29, 0.717) is 16.8 Å². The average molecular weight is 307 g/mol. The molecule has 0 saturated carbocycles. The van der Waals surface area contributed by atoms with Gasteiger partial charge in [0.2, 0.25) is 11.0 Å². The number of nitrogens with one attached hydrogen (secondary N) is 1. The number of anilines is 1. The zero-order valence-corrected chi connectivity index (χ0v) is 13.3. The van der Waals surface area contributed by atoms with E-state index in [4.69, 9.17) is 0 Å². The number of rotatable bonds is 5. The summed E-state index contributed by atoms with van der Waals surface area (Å²) in [5.74, 6) is 0.658. The van der Waals surface area contributed by atoms with Gasteiger partial charge in [0.25, 0.3) is 0 Å². The first kappa shape index (κ1) is 15.0. The number of hydrogen-bond acceptors (Lipinski definition) is 5. The van der Waals surface area contributed by atoms with Gasteiger partial charge in [0, 0.05) is 10.8 Å². The third-order valence-corrected chi connectivity index (χ3v) is 4.95. The largest absolute Gasteiger partial charge is 0.300 e. The summed E-state index contributed by atoms with van der Waals surface area (Å²) >= 11 is 2.96. The van der Waals surface area contributed by atoms with E-state index < -0.39 is 0 Å². The lowest BCUT2D eigenvalue weighted by atomic mass is 10.2. The van der Waals surface area contributed by atoms with Crippen LogP contribution in [0, 0.1) is 6.92 Å². The van der Waals surface area contributed by atoms with Gasteiger partial charge in [-0.3, -0.25) is 10.1 Å². The minimum absolute atomic E-state index is 0.0512. The summed E-state index contributed by atoms with van der Waals surface area (Å²) in [5, 5.41) is 12.3. The monoisotopic (exact) mass is 307 g/mol. The van der Waals surface area contributed by atoms with Crippen molar-refractivity contribution in [2.45, 2.75) is 31.6 Å². The molecule has 0 atom stereocenters. The number of thioether (sulfide) groups is 1. The van der Waals surface area contributed by atoms with Crippen molar-refractivity contribution >= 4 is 34.1 Å². The van der Waals surface area contributed by atoms with Crippen LogP contribution < -0.4 is 5.32 Å². The van der Waals surface area contributed by atoms with Crippen molar-refractivity contribution in [3.63, 3.8) is 0 Å².